The Morgan fingerprint density at radius 2 is 2.07 bits per heavy atom. The normalized spacial score (nSPS) is 10.5. The van der Waals surface area contributed by atoms with Crippen LogP contribution >= 0.6 is 31.9 Å². The van der Waals surface area contributed by atoms with E-state index in [1.807, 2.05) is 19.1 Å². The highest BCUT2D eigenvalue weighted by molar-refractivity contribution is 9.13. The first-order chi connectivity index (χ1) is 6.68. The molecule has 2 aromatic rings. The number of aromatic nitrogens is 2. The van der Waals surface area contributed by atoms with Gasteiger partial charge in [0.05, 0.1) is 0 Å². The van der Waals surface area contributed by atoms with Gasteiger partial charge in [0.15, 0.2) is 0 Å². The summed E-state index contributed by atoms with van der Waals surface area (Å²) in [6, 6.07) is 3.92. The average Bonchev–Trinajstić information content (AvgIpc) is 2.66. The van der Waals surface area contributed by atoms with Gasteiger partial charge >= 0.3 is 0 Å². The second kappa shape index (κ2) is 3.82. The summed E-state index contributed by atoms with van der Waals surface area (Å²) in [5.41, 5.74) is 2.03. The SMILES string of the molecule is Cc1cc(-c2nnco2)cc(Br)c1Br. The van der Waals surface area contributed by atoms with E-state index in [0.29, 0.717) is 5.89 Å². The van der Waals surface area contributed by atoms with E-state index in [0.717, 1.165) is 20.1 Å². The van der Waals surface area contributed by atoms with Gasteiger partial charge < -0.3 is 4.42 Å². The van der Waals surface area contributed by atoms with Crippen LogP contribution in [0.5, 0.6) is 0 Å². The van der Waals surface area contributed by atoms with Crippen LogP contribution < -0.4 is 0 Å². The van der Waals surface area contributed by atoms with E-state index in [1.165, 1.54) is 6.39 Å². The van der Waals surface area contributed by atoms with Gasteiger partial charge in [-0.15, -0.1) is 10.2 Å². The fourth-order valence-electron chi connectivity index (χ4n) is 1.15. The van der Waals surface area contributed by atoms with Gasteiger partial charge in [-0.25, -0.2) is 0 Å². The molecule has 0 aliphatic heterocycles. The standard InChI is InChI=1S/C9H6Br2N2O/c1-5-2-6(3-7(10)8(5)11)9-13-12-4-14-9/h2-4H,1H3. The molecule has 14 heavy (non-hydrogen) atoms. The van der Waals surface area contributed by atoms with E-state index >= 15 is 0 Å². The van der Waals surface area contributed by atoms with E-state index < -0.39 is 0 Å². The first-order valence-corrected chi connectivity index (χ1v) is 5.49. The fourth-order valence-corrected chi connectivity index (χ4v) is 1.94. The van der Waals surface area contributed by atoms with Crippen molar-refractivity contribution in [3.8, 4) is 11.5 Å². The van der Waals surface area contributed by atoms with E-state index in [-0.39, 0.29) is 0 Å². The molecule has 0 spiro atoms. The number of halogens is 2. The van der Waals surface area contributed by atoms with Crippen molar-refractivity contribution in [2.24, 2.45) is 0 Å². The van der Waals surface area contributed by atoms with Crippen LogP contribution in [-0.4, -0.2) is 10.2 Å². The molecule has 0 saturated carbocycles. The third kappa shape index (κ3) is 1.74. The maximum Gasteiger partial charge on any atom is 0.247 e. The molecule has 0 atom stereocenters. The average molecular weight is 318 g/mol. The lowest BCUT2D eigenvalue weighted by atomic mass is 10.1. The number of hydrogen-bond acceptors (Lipinski definition) is 3. The summed E-state index contributed by atoms with van der Waals surface area (Å²) in [4.78, 5) is 0. The van der Waals surface area contributed by atoms with Crippen molar-refractivity contribution >= 4 is 31.9 Å². The topological polar surface area (TPSA) is 38.9 Å². The van der Waals surface area contributed by atoms with Crippen LogP contribution in [0.1, 0.15) is 5.56 Å². The third-order valence-electron chi connectivity index (χ3n) is 1.82. The Labute approximate surface area is 97.8 Å². The van der Waals surface area contributed by atoms with Gasteiger partial charge in [0, 0.05) is 14.5 Å². The minimum atomic E-state index is 0.529. The first-order valence-electron chi connectivity index (χ1n) is 3.90. The zero-order valence-corrected chi connectivity index (χ0v) is 10.5. The second-order valence-electron chi connectivity index (χ2n) is 2.83. The van der Waals surface area contributed by atoms with E-state index in [1.54, 1.807) is 0 Å². The van der Waals surface area contributed by atoms with Crippen LogP contribution in [0.3, 0.4) is 0 Å². The van der Waals surface area contributed by atoms with Crippen LogP contribution in [0.15, 0.2) is 31.9 Å². The summed E-state index contributed by atoms with van der Waals surface area (Å²) in [5, 5.41) is 7.48. The highest BCUT2D eigenvalue weighted by Gasteiger charge is 2.08. The molecule has 72 valence electrons. The van der Waals surface area contributed by atoms with Crippen molar-refractivity contribution in [2.75, 3.05) is 0 Å². The van der Waals surface area contributed by atoms with E-state index in [4.69, 9.17) is 4.42 Å². The van der Waals surface area contributed by atoms with E-state index in [2.05, 4.69) is 42.1 Å². The number of hydrogen-bond donors (Lipinski definition) is 0. The summed E-state index contributed by atoms with van der Waals surface area (Å²) >= 11 is 6.91. The van der Waals surface area contributed by atoms with Crippen LogP contribution in [0.25, 0.3) is 11.5 Å². The predicted octanol–water partition coefficient (Wildman–Crippen LogP) is 3.57. The molecule has 1 aromatic heterocycles. The number of rotatable bonds is 1. The number of aryl methyl sites for hydroxylation is 1. The van der Waals surface area contributed by atoms with Crippen LogP contribution in [-0.2, 0) is 0 Å². The van der Waals surface area contributed by atoms with Gasteiger partial charge in [0.25, 0.3) is 0 Å². The molecule has 0 aliphatic rings. The minimum absolute atomic E-state index is 0.529. The van der Waals surface area contributed by atoms with E-state index in [9.17, 15) is 0 Å². The molecule has 0 aliphatic carbocycles. The lowest BCUT2D eigenvalue weighted by Gasteiger charge is -2.03. The van der Waals surface area contributed by atoms with Crippen LogP contribution in [0.4, 0.5) is 0 Å². The Kier molecular flexibility index (Phi) is 2.69. The van der Waals surface area contributed by atoms with Crippen molar-refractivity contribution in [2.45, 2.75) is 6.92 Å². The largest absolute Gasteiger partial charge is 0.423 e. The molecule has 0 saturated heterocycles. The predicted molar refractivity (Wildman–Crippen MR) is 59.9 cm³/mol. The summed E-state index contributed by atoms with van der Waals surface area (Å²) in [7, 11) is 0. The van der Waals surface area contributed by atoms with Crippen molar-refractivity contribution < 1.29 is 4.42 Å². The van der Waals surface area contributed by atoms with Crippen LogP contribution in [0, 0.1) is 6.92 Å². The van der Waals surface area contributed by atoms with Crippen molar-refractivity contribution in [3.63, 3.8) is 0 Å². The highest BCUT2D eigenvalue weighted by Crippen LogP contribution is 2.31. The molecule has 0 N–H and O–H groups in total. The summed E-state index contributed by atoms with van der Waals surface area (Å²) in [5.74, 6) is 0.529. The molecule has 1 aromatic carbocycles. The molecule has 0 bridgehead atoms. The molecule has 2 rings (SSSR count). The first kappa shape index (κ1) is 9.86. The summed E-state index contributed by atoms with van der Waals surface area (Å²) in [6.45, 7) is 2.01. The third-order valence-corrected chi connectivity index (χ3v) is 4.03. The van der Waals surface area contributed by atoms with Crippen molar-refractivity contribution in [1.82, 2.24) is 10.2 Å². The number of nitrogens with zero attached hydrogens (tertiary/aromatic N) is 2. The Morgan fingerprint density at radius 3 is 2.64 bits per heavy atom. The summed E-state index contributed by atoms with van der Waals surface area (Å²) in [6.07, 6.45) is 1.32. The van der Waals surface area contributed by atoms with Gasteiger partial charge in [0.2, 0.25) is 12.3 Å². The quantitative estimate of drug-likeness (QED) is 0.807. The molecule has 3 nitrogen and oxygen atoms in total. The molecular weight excluding hydrogens is 312 g/mol. The molecule has 1 heterocycles. The molecule has 0 fully saturated rings. The molecule has 0 radical (unpaired) electrons. The Hall–Kier alpha value is -0.680. The van der Waals surface area contributed by atoms with Gasteiger partial charge in [-0.3, -0.25) is 0 Å². The van der Waals surface area contributed by atoms with Gasteiger partial charge in [-0.1, -0.05) is 0 Å². The molecule has 0 amide bonds. The zero-order valence-electron chi connectivity index (χ0n) is 7.29. The smallest absolute Gasteiger partial charge is 0.247 e. The minimum Gasteiger partial charge on any atom is -0.423 e. The Morgan fingerprint density at radius 1 is 1.29 bits per heavy atom. The number of benzene rings is 1. The molecular formula is C9H6Br2N2O. The fraction of sp³-hybridized carbons (Fsp3) is 0.111. The Balaban J connectivity index is 2.57. The van der Waals surface area contributed by atoms with Gasteiger partial charge in [-0.05, 0) is 56.5 Å². The van der Waals surface area contributed by atoms with Gasteiger partial charge in [-0.2, -0.15) is 0 Å². The maximum atomic E-state index is 5.11. The molecule has 0 unspecified atom stereocenters. The second-order valence-corrected chi connectivity index (χ2v) is 4.48. The van der Waals surface area contributed by atoms with Gasteiger partial charge in [0.1, 0.15) is 0 Å². The van der Waals surface area contributed by atoms with Crippen LogP contribution in [0.2, 0.25) is 0 Å². The summed E-state index contributed by atoms with van der Waals surface area (Å²) < 4.78 is 7.13. The molecule has 5 heteroatoms. The lowest BCUT2D eigenvalue weighted by molar-refractivity contribution is 0.568. The zero-order chi connectivity index (χ0) is 10.1. The van der Waals surface area contributed by atoms with Crippen molar-refractivity contribution in [3.05, 3.63) is 33.0 Å². The Bertz CT molecular complexity index is 431. The van der Waals surface area contributed by atoms with Crippen molar-refractivity contribution in [1.29, 1.82) is 0 Å². The lowest BCUT2D eigenvalue weighted by Crippen LogP contribution is -1.83. The monoisotopic (exact) mass is 316 g/mol. The maximum absolute atomic E-state index is 5.11. The highest BCUT2D eigenvalue weighted by atomic mass is 79.9.